The summed E-state index contributed by atoms with van der Waals surface area (Å²) in [5, 5.41) is 3.45. The van der Waals surface area contributed by atoms with E-state index < -0.39 is 5.91 Å². The second kappa shape index (κ2) is 10.6. The third kappa shape index (κ3) is 5.77. The number of nitrogens with two attached hydrogens (primary N) is 1. The van der Waals surface area contributed by atoms with Crippen LogP contribution in [0.5, 0.6) is 5.75 Å². The third-order valence-electron chi connectivity index (χ3n) is 5.97. The maximum Gasteiger partial charge on any atom is 0.250 e. The number of piperidine rings is 1. The second-order valence-electron chi connectivity index (χ2n) is 8.33. The molecule has 168 valence electrons. The zero-order chi connectivity index (χ0) is 22.3. The summed E-state index contributed by atoms with van der Waals surface area (Å²) < 4.78 is 11.6. The highest BCUT2D eigenvalue weighted by Gasteiger charge is 2.37. The number of ether oxygens (including phenoxy) is 2. The van der Waals surface area contributed by atoms with Crippen LogP contribution in [0.15, 0.2) is 48.5 Å². The number of hydrogen-bond acceptors (Lipinski definition) is 5. The number of nitrogens with zero attached hydrogens (tertiary/aromatic N) is 1. The lowest BCUT2D eigenvalue weighted by atomic mass is 9.84. The fourth-order valence-electron chi connectivity index (χ4n) is 4.33. The molecular formula is C25H35N3O3. The molecule has 6 nitrogen and oxygen atoms in total. The molecule has 1 unspecified atom stereocenters. The van der Waals surface area contributed by atoms with Crippen molar-refractivity contribution in [2.75, 3.05) is 38.7 Å². The lowest BCUT2D eigenvalue weighted by Crippen LogP contribution is -2.47. The molecule has 2 aromatic rings. The van der Waals surface area contributed by atoms with Crippen molar-refractivity contribution >= 4 is 11.6 Å². The standard InChI is InChI=1S/C25H35N3O3/c1-4-16-31-25(20-8-6-5-7-9-20)12-14-28(15-13-25)18-19(2)27-23-11-10-21(30-3)17-22(23)24(26)29/h5-11,17,19,27H,4,12-16,18H2,1-3H3,(H2,26,29). The van der Waals surface area contributed by atoms with E-state index in [-0.39, 0.29) is 11.6 Å². The Morgan fingerprint density at radius 1 is 1.19 bits per heavy atom. The summed E-state index contributed by atoms with van der Waals surface area (Å²) in [6.45, 7) is 7.87. The molecular weight excluding hydrogens is 390 g/mol. The van der Waals surface area contributed by atoms with Crippen LogP contribution >= 0.6 is 0 Å². The van der Waals surface area contributed by atoms with Gasteiger partial charge in [0.2, 0.25) is 0 Å². The number of rotatable bonds is 10. The van der Waals surface area contributed by atoms with Gasteiger partial charge in [0.05, 0.1) is 18.3 Å². The summed E-state index contributed by atoms with van der Waals surface area (Å²) in [5.41, 5.74) is 7.83. The van der Waals surface area contributed by atoms with Crippen molar-refractivity contribution in [1.29, 1.82) is 0 Å². The van der Waals surface area contributed by atoms with Crippen LogP contribution in [0.1, 0.15) is 49.0 Å². The van der Waals surface area contributed by atoms with Crippen LogP contribution in [0.3, 0.4) is 0 Å². The number of likely N-dealkylation sites (tertiary alicyclic amines) is 1. The van der Waals surface area contributed by atoms with Crippen molar-refractivity contribution in [2.45, 2.75) is 44.8 Å². The first-order valence-electron chi connectivity index (χ1n) is 11.1. The number of anilines is 1. The van der Waals surface area contributed by atoms with E-state index in [1.165, 1.54) is 5.56 Å². The summed E-state index contributed by atoms with van der Waals surface area (Å²) in [7, 11) is 1.58. The van der Waals surface area contributed by atoms with Crippen LogP contribution in [0.2, 0.25) is 0 Å². The van der Waals surface area contributed by atoms with Crippen molar-refractivity contribution in [3.8, 4) is 5.75 Å². The topological polar surface area (TPSA) is 76.8 Å². The molecule has 0 bridgehead atoms. The normalized spacial score (nSPS) is 17.1. The van der Waals surface area contributed by atoms with Crippen molar-refractivity contribution in [1.82, 2.24) is 4.90 Å². The molecule has 31 heavy (non-hydrogen) atoms. The van der Waals surface area contributed by atoms with Crippen LogP contribution in [0, 0.1) is 0 Å². The monoisotopic (exact) mass is 425 g/mol. The van der Waals surface area contributed by atoms with Gasteiger partial charge in [-0.3, -0.25) is 4.79 Å². The lowest BCUT2D eigenvalue weighted by Gasteiger charge is -2.43. The predicted octanol–water partition coefficient (Wildman–Crippen LogP) is 4.01. The molecule has 1 amide bonds. The first-order valence-corrected chi connectivity index (χ1v) is 11.1. The quantitative estimate of drug-likeness (QED) is 0.601. The minimum absolute atomic E-state index is 0.160. The highest BCUT2D eigenvalue weighted by Crippen LogP contribution is 2.37. The molecule has 6 heteroatoms. The summed E-state index contributed by atoms with van der Waals surface area (Å²) >= 11 is 0. The average Bonchev–Trinajstić information content (AvgIpc) is 2.79. The van der Waals surface area contributed by atoms with Gasteiger partial charge < -0.3 is 25.4 Å². The number of benzene rings is 2. The molecule has 0 aromatic heterocycles. The van der Waals surface area contributed by atoms with E-state index in [1.54, 1.807) is 13.2 Å². The van der Waals surface area contributed by atoms with Gasteiger partial charge in [0, 0.05) is 38.0 Å². The molecule has 0 saturated carbocycles. The van der Waals surface area contributed by atoms with Crippen LogP contribution in [-0.2, 0) is 10.3 Å². The molecule has 1 heterocycles. The molecule has 3 N–H and O–H groups in total. The van der Waals surface area contributed by atoms with Crippen molar-refractivity contribution in [3.63, 3.8) is 0 Å². The SMILES string of the molecule is CCCOC1(c2ccccc2)CCN(CC(C)Nc2ccc(OC)cc2C(N)=O)CC1. The summed E-state index contributed by atoms with van der Waals surface area (Å²) in [4.78, 5) is 14.3. The van der Waals surface area contributed by atoms with Gasteiger partial charge in [0.25, 0.3) is 5.91 Å². The summed E-state index contributed by atoms with van der Waals surface area (Å²) in [6.07, 6.45) is 2.96. The number of primary amides is 1. The van der Waals surface area contributed by atoms with Crippen LogP contribution in [-0.4, -0.2) is 50.2 Å². The van der Waals surface area contributed by atoms with Gasteiger partial charge in [0.15, 0.2) is 0 Å². The molecule has 1 aliphatic rings. The zero-order valence-electron chi connectivity index (χ0n) is 18.9. The van der Waals surface area contributed by atoms with Crippen LogP contribution in [0.4, 0.5) is 5.69 Å². The van der Waals surface area contributed by atoms with Crippen molar-refractivity contribution in [3.05, 3.63) is 59.7 Å². The van der Waals surface area contributed by atoms with Gasteiger partial charge in [-0.15, -0.1) is 0 Å². The maximum atomic E-state index is 11.9. The smallest absolute Gasteiger partial charge is 0.250 e. The van der Waals surface area contributed by atoms with E-state index in [9.17, 15) is 4.79 Å². The summed E-state index contributed by atoms with van der Waals surface area (Å²) in [5.74, 6) is 0.152. The van der Waals surface area contributed by atoms with Crippen molar-refractivity contribution in [2.24, 2.45) is 5.73 Å². The molecule has 1 atom stereocenters. The first kappa shape index (κ1) is 23.1. The Morgan fingerprint density at radius 2 is 1.90 bits per heavy atom. The fourth-order valence-corrected chi connectivity index (χ4v) is 4.33. The number of nitrogens with one attached hydrogen (secondary N) is 1. The van der Waals surface area contributed by atoms with Crippen LogP contribution in [0.25, 0.3) is 0 Å². The van der Waals surface area contributed by atoms with Gasteiger partial charge in [-0.2, -0.15) is 0 Å². The fraction of sp³-hybridized carbons (Fsp3) is 0.480. The van der Waals surface area contributed by atoms with Gasteiger partial charge in [-0.1, -0.05) is 37.3 Å². The Labute approximate surface area is 185 Å². The number of carbonyl (C=O) groups excluding carboxylic acids is 1. The van der Waals surface area contributed by atoms with Gasteiger partial charge in [-0.05, 0) is 49.9 Å². The Bertz CT molecular complexity index is 848. The number of methoxy groups -OCH3 is 1. The van der Waals surface area contributed by atoms with Gasteiger partial charge >= 0.3 is 0 Å². The highest BCUT2D eigenvalue weighted by atomic mass is 16.5. The zero-order valence-corrected chi connectivity index (χ0v) is 18.9. The second-order valence-corrected chi connectivity index (χ2v) is 8.33. The van der Waals surface area contributed by atoms with E-state index in [0.29, 0.717) is 11.3 Å². The molecule has 1 saturated heterocycles. The molecule has 0 aliphatic carbocycles. The maximum absolute atomic E-state index is 11.9. The molecule has 1 fully saturated rings. The van der Waals surface area contributed by atoms with Crippen LogP contribution < -0.4 is 15.8 Å². The highest BCUT2D eigenvalue weighted by molar-refractivity contribution is 5.99. The minimum atomic E-state index is -0.465. The Balaban J connectivity index is 1.62. The molecule has 1 aliphatic heterocycles. The van der Waals surface area contributed by atoms with Gasteiger partial charge in [-0.25, -0.2) is 0 Å². The molecule has 0 spiro atoms. The predicted molar refractivity (Wildman–Crippen MR) is 125 cm³/mol. The van der Waals surface area contributed by atoms with E-state index in [0.717, 1.165) is 51.2 Å². The Morgan fingerprint density at radius 3 is 2.52 bits per heavy atom. The van der Waals surface area contributed by atoms with E-state index in [4.69, 9.17) is 15.2 Å². The van der Waals surface area contributed by atoms with E-state index in [2.05, 4.69) is 54.4 Å². The Kier molecular flexibility index (Phi) is 7.93. The van der Waals surface area contributed by atoms with E-state index in [1.807, 2.05) is 12.1 Å². The number of carbonyl (C=O) groups is 1. The van der Waals surface area contributed by atoms with E-state index >= 15 is 0 Å². The Hall–Kier alpha value is -2.57. The molecule has 2 aromatic carbocycles. The molecule has 0 radical (unpaired) electrons. The summed E-state index contributed by atoms with van der Waals surface area (Å²) in [6, 6.07) is 16.1. The minimum Gasteiger partial charge on any atom is -0.497 e. The lowest BCUT2D eigenvalue weighted by molar-refractivity contribution is -0.0899. The van der Waals surface area contributed by atoms with Crippen molar-refractivity contribution < 1.29 is 14.3 Å². The molecule has 3 rings (SSSR count). The number of amides is 1. The average molecular weight is 426 g/mol. The largest absolute Gasteiger partial charge is 0.497 e. The van der Waals surface area contributed by atoms with Gasteiger partial charge in [0.1, 0.15) is 5.75 Å². The third-order valence-corrected chi connectivity index (χ3v) is 5.97. The number of hydrogen-bond donors (Lipinski definition) is 2. The first-order chi connectivity index (χ1) is 15.0.